The van der Waals surface area contributed by atoms with Crippen LogP contribution in [-0.2, 0) is 6.11 Å². The zero-order valence-corrected chi connectivity index (χ0v) is 19.8. The quantitative estimate of drug-likeness (QED) is 0.187. The van der Waals surface area contributed by atoms with Crippen molar-refractivity contribution in [2.75, 3.05) is 0 Å². The molecule has 0 amide bonds. The van der Waals surface area contributed by atoms with E-state index in [2.05, 4.69) is 4.74 Å². The summed E-state index contributed by atoms with van der Waals surface area (Å²) < 4.78 is 117. The number of aryl methyl sites for hydroxylation is 1. The molecule has 0 heterocycles. The summed E-state index contributed by atoms with van der Waals surface area (Å²) in [5.41, 5.74) is -0.319. The Morgan fingerprint density at radius 2 is 1.05 bits per heavy atom. The molecule has 0 saturated heterocycles. The standard InChI is InChI=1S/C26H14F8O.C2H6/c1-13-2-4-14(5-3-13)15-6-7-18(19(27)8-15)16-9-20(28)24(21(29)10-16)26(33,34)35-17-11-22(30)25(32)23(31)12-17;1-2/h2-12H,1H3;1-2H3. The number of alkyl halides is 2. The highest BCUT2D eigenvalue weighted by Crippen LogP contribution is 2.38. The van der Waals surface area contributed by atoms with Gasteiger partial charge in [-0.05, 0) is 41.8 Å². The molecule has 0 saturated carbocycles. The van der Waals surface area contributed by atoms with Crippen LogP contribution in [0.3, 0.4) is 0 Å². The van der Waals surface area contributed by atoms with E-state index in [1.54, 1.807) is 12.1 Å². The third-order valence-corrected chi connectivity index (χ3v) is 5.20. The summed E-state index contributed by atoms with van der Waals surface area (Å²) in [6.45, 7) is 5.88. The normalized spacial score (nSPS) is 11.1. The van der Waals surface area contributed by atoms with Crippen LogP contribution in [0.15, 0.2) is 66.7 Å². The molecule has 0 aliphatic carbocycles. The van der Waals surface area contributed by atoms with E-state index in [-0.39, 0.29) is 23.3 Å². The Bertz CT molecular complexity index is 1370. The van der Waals surface area contributed by atoms with Crippen molar-refractivity contribution in [3.05, 3.63) is 113 Å². The molecule has 0 bridgehead atoms. The van der Waals surface area contributed by atoms with Gasteiger partial charge >= 0.3 is 6.11 Å². The molecule has 0 fully saturated rings. The lowest BCUT2D eigenvalue weighted by atomic mass is 9.98. The van der Waals surface area contributed by atoms with Crippen LogP contribution >= 0.6 is 0 Å². The Morgan fingerprint density at radius 3 is 1.57 bits per heavy atom. The smallest absolute Gasteiger partial charge is 0.429 e. The molecule has 37 heavy (non-hydrogen) atoms. The Kier molecular flexibility index (Phi) is 8.25. The average Bonchev–Trinajstić information content (AvgIpc) is 2.83. The van der Waals surface area contributed by atoms with E-state index in [1.807, 2.05) is 32.9 Å². The molecule has 0 spiro atoms. The highest BCUT2D eigenvalue weighted by molar-refractivity contribution is 5.71. The summed E-state index contributed by atoms with van der Waals surface area (Å²) in [6.07, 6.45) is -4.74. The van der Waals surface area contributed by atoms with Crippen LogP contribution in [-0.4, -0.2) is 0 Å². The molecule has 4 rings (SSSR count). The van der Waals surface area contributed by atoms with Crippen molar-refractivity contribution in [3.8, 4) is 28.0 Å². The van der Waals surface area contributed by atoms with Crippen LogP contribution < -0.4 is 4.74 Å². The van der Waals surface area contributed by atoms with Gasteiger partial charge in [-0.3, -0.25) is 0 Å². The first-order chi connectivity index (χ1) is 17.5. The minimum Gasteiger partial charge on any atom is -0.429 e. The maximum absolute atomic E-state index is 14.8. The maximum atomic E-state index is 14.8. The maximum Gasteiger partial charge on any atom is 0.432 e. The van der Waals surface area contributed by atoms with E-state index in [1.165, 1.54) is 12.1 Å². The molecule has 9 heteroatoms. The minimum atomic E-state index is -4.74. The fourth-order valence-electron chi connectivity index (χ4n) is 3.47. The van der Waals surface area contributed by atoms with Gasteiger partial charge in [0.2, 0.25) is 0 Å². The zero-order chi connectivity index (χ0) is 27.5. The van der Waals surface area contributed by atoms with Gasteiger partial charge in [-0.1, -0.05) is 55.8 Å². The van der Waals surface area contributed by atoms with E-state index < -0.39 is 52.3 Å². The number of rotatable bonds is 5. The number of hydrogen-bond donors (Lipinski definition) is 0. The summed E-state index contributed by atoms with van der Waals surface area (Å²) in [6, 6.07) is 12.2. The van der Waals surface area contributed by atoms with Crippen LogP contribution in [0.25, 0.3) is 22.3 Å². The van der Waals surface area contributed by atoms with Crippen molar-refractivity contribution in [1.29, 1.82) is 0 Å². The van der Waals surface area contributed by atoms with Gasteiger partial charge in [0, 0.05) is 17.7 Å². The van der Waals surface area contributed by atoms with Crippen molar-refractivity contribution < 1.29 is 39.9 Å². The van der Waals surface area contributed by atoms with Crippen LogP contribution in [0.2, 0.25) is 0 Å². The number of hydrogen-bond acceptors (Lipinski definition) is 1. The first-order valence-corrected chi connectivity index (χ1v) is 11.0. The first kappa shape index (κ1) is 27.7. The first-order valence-electron chi connectivity index (χ1n) is 11.0. The van der Waals surface area contributed by atoms with E-state index in [0.717, 1.165) is 11.6 Å². The van der Waals surface area contributed by atoms with Crippen molar-refractivity contribution >= 4 is 0 Å². The topological polar surface area (TPSA) is 9.23 Å². The number of halogens is 8. The molecular formula is C28H20F8O. The highest BCUT2D eigenvalue weighted by atomic mass is 19.3. The lowest BCUT2D eigenvalue weighted by molar-refractivity contribution is -0.189. The van der Waals surface area contributed by atoms with E-state index in [4.69, 9.17) is 0 Å². The van der Waals surface area contributed by atoms with Gasteiger partial charge in [0.15, 0.2) is 17.5 Å². The SMILES string of the molecule is CC.Cc1ccc(-c2ccc(-c3cc(F)c(C(F)(F)Oc4cc(F)c(F)c(F)c4)c(F)c3)c(F)c2)cc1. The van der Waals surface area contributed by atoms with Crippen LogP contribution in [0.1, 0.15) is 25.0 Å². The Hall–Kier alpha value is -3.88. The zero-order valence-electron chi connectivity index (χ0n) is 19.8. The van der Waals surface area contributed by atoms with Gasteiger partial charge in [-0.15, -0.1) is 0 Å². The van der Waals surface area contributed by atoms with E-state index in [0.29, 0.717) is 23.3 Å². The average molecular weight is 524 g/mol. The molecule has 0 N–H and O–H groups in total. The predicted octanol–water partition coefficient (Wildman–Crippen LogP) is 9.32. The molecule has 0 aromatic heterocycles. The lowest BCUT2D eigenvalue weighted by Crippen LogP contribution is -2.25. The number of ether oxygens (including phenoxy) is 1. The van der Waals surface area contributed by atoms with Gasteiger partial charge in [0.25, 0.3) is 0 Å². The van der Waals surface area contributed by atoms with Crippen molar-refractivity contribution in [2.45, 2.75) is 26.9 Å². The molecule has 4 aromatic rings. The second kappa shape index (κ2) is 11.0. The molecule has 1 nitrogen and oxygen atoms in total. The second-order valence-electron chi connectivity index (χ2n) is 7.70. The molecule has 0 atom stereocenters. The summed E-state index contributed by atoms with van der Waals surface area (Å²) >= 11 is 0. The van der Waals surface area contributed by atoms with Crippen LogP contribution in [0, 0.1) is 41.8 Å². The van der Waals surface area contributed by atoms with Crippen molar-refractivity contribution in [3.63, 3.8) is 0 Å². The monoisotopic (exact) mass is 524 g/mol. The summed E-state index contributed by atoms with van der Waals surface area (Å²) in [4.78, 5) is 0. The fraction of sp³-hybridized carbons (Fsp3) is 0.143. The second-order valence-corrected chi connectivity index (χ2v) is 7.70. The predicted molar refractivity (Wildman–Crippen MR) is 124 cm³/mol. The van der Waals surface area contributed by atoms with Crippen LogP contribution in [0.4, 0.5) is 35.1 Å². The molecule has 4 aromatic carbocycles. The fourth-order valence-corrected chi connectivity index (χ4v) is 3.47. The van der Waals surface area contributed by atoms with Gasteiger partial charge in [-0.25, -0.2) is 26.3 Å². The van der Waals surface area contributed by atoms with E-state index in [9.17, 15) is 35.1 Å². The van der Waals surface area contributed by atoms with Gasteiger partial charge < -0.3 is 4.74 Å². The highest BCUT2D eigenvalue weighted by Gasteiger charge is 2.41. The molecular weight excluding hydrogens is 504 g/mol. The summed E-state index contributed by atoms with van der Waals surface area (Å²) in [5, 5.41) is 0. The Labute approximate surface area is 208 Å². The van der Waals surface area contributed by atoms with Gasteiger partial charge in [-0.2, -0.15) is 8.78 Å². The largest absolute Gasteiger partial charge is 0.432 e. The van der Waals surface area contributed by atoms with Gasteiger partial charge in [0.1, 0.15) is 28.8 Å². The Balaban J connectivity index is 0.00000186. The van der Waals surface area contributed by atoms with E-state index >= 15 is 0 Å². The molecule has 0 aliphatic heterocycles. The Morgan fingerprint density at radius 1 is 0.568 bits per heavy atom. The molecule has 194 valence electrons. The third kappa shape index (κ3) is 5.93. The minimum absolute atomic E-state index is 0.0987. The molecule has 0 radical (unpaired) electrons. The number of benzene rings is 4. The molecule has 0 aliphatic rings. The van der Waals surface area contributed by atoms with Gasteiger partial charge in [0.05, 0.1) is 0 Å². The van der Waals surface area contributed by atoms with Crippen LogP contribution in [0.5, 0.6) is 5.75 Å². The third-order valence-electron chi connectivity index (χ3n) is 5.20. The summed E-state index contributed by atoms with van der Waals surface area (Å²) in [7, 11) is 0. The molecule has 0 unspecified atom stereocenters. The summed E-state index contributed by atoms with van der Waals surface area (Å²) in [5.74, 6) is -11.3. The lowest BCUT2D eigenvalue weighted by Gasteiger charge is -2.20. The van der Waals surface area contributed by atoms with Crippen molar-refractivity contribution in [1.82, 2.24) is 0 Å². The van der Waals surface area contributed by atoms with Crippen molar-refractivity contribution in [2.24, 2.45) is 0 Å².